The zero-order valence-electron chi connectivity index (χ0n) is 20.0. The number of hydrogen-bond donors (Lipinski definition) is 1. The molecule has 0 amide bonds. The van der Waals surface area contributed by atoms with Crippen LogP contribution in [-0.2, 0) is 4.43 Å². The van der Waals surface area contributed by atoms with Crippen LogP contribution in [0.25, 0.3) is 22.3 Å². The highest BCUT2D eigenvalue weighted by atomic mass is 28.4. The Morgan fingerprint density at radius 1 is 1.06 bits per heavy atom. The van der Waals surface area contributed by atoms with Gasteiger partial charge in [0.1, 0.15) is 24.5 Å². The summed E-state index contributed by atoms with van der Waals surface area (Å²) in [5.74, 6) is 1.31. The van der Waals surface area contributed by atoms with Crippen LogP contribution in [-0.4, -0.2) is 37.8 Å². The zero-order valence-corrected chi connectivity index (χ0v) is 21.0. The Hall–Kier alpha value is -2.77. The number of hydrogen-bond acceptors (Lipinski definition) is 5. The number of benzene rings is 2. The van der Waals surface area contributed by atoms with Crippen molar-refractivity contribution >= 4 is 25.5 Å². The zero-order chi connectivity index (χ0) is 23.7. The lowest BCUT2D eigenvalue weighted by Gasteiger charge is -2.36. The molecule has 2 aromatic carbocycles. The van der Waals surface area contributed by atoms with E-state index < -0.39 is 8.32 Å². The Morgan fingerprint density at radius 2 is 1.72 bits per heavy atom. The topological polar surface area (TPSA) is 81.3 Å². The largest absolute Gasteiger partial charge is 0.491 e. The van der Waals surface area contributed by atoms with Crippen LogP contribution in [0.15, 0.2) is 35.1 Å². The number of aryl methyl sites for hydroxylation is 2. The molecule has 0 saturated carbocycles. The highest BCUT2D eigenvalue weighted by Gasteiger charge is 2.36. The lowest BCUT2D eigenvalue weighted by atomic mass is 10.0. The van der Waals surface area contributed by atoms with Gasteiger partial charge in [-0.25, -0.2) is 4.98 Å². The maximum absolute atomic E-state index is 12.6. The molecule has 3 aromatic rings. The van der Waals surface area contributed by atoms with Gasteiger partial charge in [-0.2, -0.15) is 0 Å². The van der Waals surface area contributed by atoms with Gasteiger partial charge >= 0.3 is 0 Å². The highest BCUT2D eigenvalue weighted by molar-refractivity contribution is 6.74. The molecular formula is C25H32N2O4Si. The number of H-pyrrole nitrogens is 1. The fourth-order valence-electron chi connectivity index (χ4n) is 3.34. The van der Waals surface area contributed by atoms with Crippen molar-refractivity contribution in [1.82, 2.24) is 9.97 Å². The molecule has 0 spiro atoms. The van der Waals surface area contributed by atoms with Crippen molar-refractivity contribution in [2.75, 3.05) is 13.2 Å². The van der Waals surface area contributed by atoms with Crippen LogP contribution in [0.5, 0.6) is 5.75 Å². The van der Waals surface area contributed by atoms with Crippen molar-refractivity contribution in [2.45, 2.75) is 52.8 Å². The summed E-state index contributed by atoms with van der Waals surface area (Å²) in [6.07, 6.45) is 0.718. The maximum atomic E-state index is 12.6. The summed E-state index contributed by atoms with van der Waals surface area (Å²) in [6, 6.07) is 8.82. The van der Waals surface area contributed by atoms with E-state index >= 15 is 0 Å². The smallest absolute Gasteiger partial charge is 0.259 e. The lowest BCUT2D eigenvalue weighted by molar-refractivity contribution is 0.112. The molecule has 0 saturated heterocycles. The number of nitrogens with zero attached hydrogens (tertiary/aromatic N) is 1. The number of fused-ring (bicyclic) bond motifs is 1. The normalized spacial score (nSPS) is 12.2. The second-order valence-electron chi connectivity index (χ2n) is 9.71. The van der Waals surface area contributed by atoms with Crippen LogP contribution in [0, 0.1) is 13.8 Å². The lowest BCUT2D eigenvalue weighted by Crippen LogP contribution is -2.41. The van der Waals surface area contributed by atoms with Crippen LogP contribution in [0.4, 0.5) is 0 Å². The Labute approximate surface area is 190 Å². The fourth-order valence-corrected chi connectivity index (χ4v) is 4.36. The molecule has 6 nitrogen and oxygen atoms in total. The summed E-state index contributed by atoms with van der Waals surface area (Å²) in [5.41, 5.74) is 3.46. The number of aromatic amines is 1. The van der Waals surface area contributed by atoms with Crippen LogP contribution in [0.3, 0.4) is 0 Å². The molecule has 3 rings (SSSR count). The molecule has 0 atom stereocenters. The summed E-state index contributed by atoms with van der Waals surface area (Å²) in [6.45, 7) is 16.1. The second kappa shape index (κ2) is 9.00. The molecule has 0 fully saturated rings. The molecule has 1 heterocycles. The molecule has 1 aromatic heterocycles. The number of aldehydes is 1. The molecule has 0 unspecified atom stereocenters. The van der Waals surface area contributed by atoms with E-state index in [1.165, 1.54) is 0 Å². The second-order valence-corrected chi connectivity index (χ2v) is 14.5. The van der Waals surface area contributed by atoms with Gasteiger partial charge in [-0.15, -0.1) is 0 Å². The number of ether oxygens (including phenoxy) is 1. The first-order valence-corrected chi connectivity index (χ1v) is 13.7. The monoisotopic (exact) mass is 452 g/mol. The number of aromatic nitrogens is 2. The van der Waals surface area contributed by atoms with Crippen LogP contribution in [0.1, 0.15) is 42.3 Å². The molecular weight excluding hydrogens is 420 g/mol. The summed E-state index contributed by atoms with van der Waals surface area (Å²) < 4.78 is 12.3. The minimum Gasteiger partial charge on any atom is -0.491 e. The van der Waals surface area contributed by atoms with Gasteiger partial charge in [0.2, 0.25) is 0 Å². The standard InChI is InChI=1S/C25H32N2O4Si/c1-16-12-19(23-26-21-9-8-18(15-28)14-20(21)24(29)27-23)13-17(2)22(16)30-10-11-31-32(6,7)25(3,4)5/h8-9,12-15H,10-11H2,1-7H3,(H,26,27,29). The van der Waals surface area contributed by atoms with E-state index in [1.807, 2.05) is 26.0 Å². The van der Waals surface area contributed by atoms with Crippen LogP contribution in [0.2, 0.25) is 18.1 Å². The van der Waals surface area contributed by atoms with E-state index in [0.29, 0.717) is 35.5 Å². The molecule has 1 N–H and O–H groups in total. The van der Waals surface area contributed by atoms with E-state index in [9.17, 15) is 9.59 Å². The molecule has 7 heteroatoms. The first-order chi connectivity index (χ1) is 14.9. The summed E-state index contributed by atoms with van der Waals surface area (Å²) in [5, 5.41) is 0.562. The Bertz CT molecular complexity index is 1190. The maximum Gasteiger partial charge on any atom is 0.259 e. The molecule has 0 aliphatic carbocycles. The van der Waals surface area contributed by atoms with Crippen LogP contribution < -0.4 is 10.3 Å². The van der Waals surface area contributed by atoms with E-state index in [0.717, 1.165) is 28.7 Å². The van der Waals surface area contributed by atoms with Gasteiger partial charge in [0.15, 0.2) is 8.32 Å². The first-order valence-electron chi connectivity index (χ1n) is 10.8. The average molecular weight is 453 g/mol. The first kappa shape index (κ1) is 23.9. The molecule has 170 valence electrons. The van der Waals surface area contributed by atoms with Crippen molar-refractivity contribution in [1.29, 1.82) is 0 Å². The van der Waals surface area contributed by atoms with Gasteiger partial charge in [-0.1, -0.05) is 20.8 Å². The van der Waals surface area contributed by atoms with Gasteiger partial charge in [0, 0.05) is 11.1 Å². The van der Waals surface area contributed by atoms with Gasteiger partial charge < -0.3 is 14.1 Å². The van der Waals surface area contributed by atoms with Crippen molar-refractivity contribution < 1.29 is 14.0 Å². The number of rotatable bonds is 7. The summed E-state index contributed by atoms with van der Waals surface area (Å²) in [7, 11) is -1.80. The van der Waals surface area contributed by atoms with Crippen molar-refractivity contribution in [3.05, 3.63) is 57.4 Å². The predicted molar refractivity (Wildman–Crippen MR) is 131 cm³/mol. The molecule has 0 radical (unpaired) electrons. The SMILES string of the molecule is Cc1cc(-c2nc3ccc(C=O)cc3c(=O)[nH]2)cc(C)c1OCCO[Si](C)(C)C(C)(C)C. The average Bonchev–Trinajstić information content (AvgIpc) is 2.71. The van der Waals surface area contributed by atoms with Gasteiger partial charge in [0.05, 0.1) is 17.5 Å². The molecule has 32 heavy (non-hydrogen) atoms. The van der Waals surface area contributed by atoms with E-state index in [2.05, 4.69) is 43.8 Å². The van der Waals surface area contributed by atoms with Crippen molar-refractivity contribution in [3.8, 4) is 17.1 Å². The molecule has 0 bridgehead atoms. The van der Waals surface area contributed by atoms with E-state index in [1.54, 1.807) is 18.2 Å². The number of carbonyl (C=O) groups excluding carboxylic acids is 1. The predicted octanol–water partition coefficient (Wildman–Crippen LogP) is 5.42. The van der Waals surface area contributed by atoms with E-state index in [-0.39, 0.29) is 10.6 Å². The van der Waals surface area contributed by atoms with E-state index in [4.69, 9.17) is 9.16 Å². The van der Waals surface area contributed by atoms with Gasteiger partial charge in [-0.3, -0.25) is 9.59 Å². The Balaban J connectivity index is 1.80. The minimum atomic E-state index is -1.80. The van der Waals surface area contributed by atoms with Crippen molar-refractivity contribution in [2.24, 2.45) is 0 Å². The summed E-state index contributed by atoms with van der Waals surface area (Å²) >= 11 is 0. The molecule has 0 aliphatic heterocycles. The van der Waals surface area contributed by atoms with Crippen molar-refractivity contribution in [3.63, 3.8) is 0 Å². The highest BCUT2D eigenvalue weighted by Crippen LogP contribution is 2.36. The van der Waals surface area contributed by atoms with Gasteiger partial charge in [0.25, 0.3) is 5.56 Å². The Kier molecular flexibility index (Phi) is 6.71. The summed E-state index contributed by atoms with van der Waals surface area (Å²) in [4.78, 5) is 31.0. The number of nitrogens with one attached hydrogen (secondary N) is 1. The third kappa shape index (κ3) is 5.00. The third-order valence-electron chi connectivity index (χ3n) is 6.20. The number of carbonyl (C=O) groups is 1. The molecule has 0 aliphatic rings. The fraction of sp³-hybridized carbons (Fsp3) is 0.400. The third-order valence-corrected chi connectivity index (χ3v) is 10.7. The Morgan fingerprint density at radius 3 is 2.31 bits per heavy atom. The quantitative estimate of drug-likeness (QED) is 0.294. The minimum absolute atomic E-state index is 0.166. The van der Waals surface area contributed by atoms with Crippen LogP contribution >= 0.6 is 0 Å². The van der Waals surface area contributed by atoms with Gasteiger partial charge in [-0.05, 0) is 73.4 Å².